The van der Waals surface area contributed by atoms with Gasteiger partial charge in [0.15, 0.2) is 0 Å². The molecule has 0 saturated carbocycles. The summed E-state index contributed by atoms with van der Waals surface area (Å²) in [7, 11) is -7.33. The van der Waals surface area contributed by atoms with Gasteiger partial charge < -0.3 is 0 Å². The van der Waals surface area contributed by atoms with Gasteiger partial charge in [-0.3, -0.25) is 0 Å². The highest BCUT2D eigenvalue weighted by molar-refractivity contribution is 7.89. The Labute approximate surface area is 173 Å². The van der Waals surface area contributed by atoms with Crippen molar-refractivity contribution in [3.63, 3.8) is 0 Å². The predicted octanol–water partition coefficient (Wildman–Crippen LogP) is 3.07. The molecule has 0 spiro atoms. The lowest BCUT2D eigenvalue weighted by atomic mass is 10.0. The number of piperidine rings is 1. The molecule has 1 saturated heterocycles. The highest BCUT2D eigenvalue weighted by atomic mass is 32.2. The summed E-state index contributed by atoms with van der Waals surface area (Å²) < 4.78 is 55.6. The molecule has 2 aliphatic rings. The maximum absolute atomic E-state index is 12.8. The zero-order chi connectivity index (χ0) is 20.6. The minimum absolute atomic E-state index is 0.0769. The largest absolute Gasteiger partial charge is 0.243 e. The van der Waals surface area contributed by atoms with E-state index in [0.717, 1.165) is 36.8 Å². The van der Waals surface area contributed by atoms with Crippen molar-refractivity contribution in [1.82, 2.24) is 9.03 Å². The number of sulfonamides is 2. The number of aryl methyl sites for hydroxylation is 1. The van der Waals surface area contributed by atoms with Crippen LogP contribution in [0.3, 0.4) is 0 Å². The number of hydrogen-bond acceptors (Lipinski definition) is 4. The quantitative estimate of drug-likeness (QED) is 0.784. The van der Waals surface area contributed by atoms with Gasteiger partial charge in [-0.2, -0.15) is 4.31 Å². The zero-order valence-corrected chi connectivity index (χ0v) is 18.0. The lowest BCUT2D eigenvalue weighted by molar-refractivity contribution is 0.288. The van der Waals surface area contributed by atoms with Gasteiger partial charge >= 0.3 is 0 Å². The van der Waals surface area contributed by atoms with E-state index in [2.05, 4.69) is 11.6 Å². The van der Waals surface area contributed by atoms with Crippen LogP contribution in [0, 0.1) is 5.92 Å². The average molecular weight is 435 g/mol. The van der Waals surface area contributed by atoms with Crippen molar-refractivity contribution < 1.29 is 16.8 Å². The van der Waals surface area contributed by atoms with Gasteiger partial charge in [0.1, 0.15) is 0 Å². The second-order valence-electron chi connectivity index (χ2n) is 7.97. The van der Waals surface area contributed by atoms with E-state index < -0.39 is 20.0 Å². The third-order valence-electron chi connectivity index (χ3n) is 5.94. The monoisotopic (exact) mass is 434 g/mol. The molecule has 1 fully saturated rings. The number of fused-ring (bicyclic) bond motifs is 1. The summed E-state index contributed by atoms with van der Waals surface area (Å²) in [5.41, 5.74) is 2.17. The maximum Gasteiger partial charge on any atom is 0.243 e. The third-order valence-corrected chi connectivity index (χ3v) is 9.35. The summed E-state index contributed by atoms with van der Waals surface area (Å²) in [6.45, 7) is 3.14. The lowest BCUT2D eigenvalue weighted by Gasteiger charge is -2.29. The lowest BCUT2D eigenvalue weighted by Crippen LogP contribution is -2.37. The van der Waals surface area contributed by atoms with Crippen LogP contribution >= 0.6 is 0 Å². The molecule has 156 valence electrons. The Kier molecular flexibility index (Phi) is 5.54. The normalized spacial score (nSPS) is 21.2. The molecule has 1 unspecified atom stereocenters. The first-order valence-corrected chi connectivity index (χ1v) is 12.9. The SMILES string of the molecule is CC1CCN(S(=O)(=O)c2ccc(S(=O)(=O)NC3CCc4ccccc43)cc2)CC1. The second-order valence-corrected chi connectivity index (χ2v) is 11.6. The van der Waals surface area contributed by atoms with E-state index in [4.69, 9.17) is 0 Å². The van der Waals surface area contributed by atoms with E-state index in [1.807, 2.05) is 24.3 Å². The minimum Gasteiger partial charge on any atom is -0.207 e. The summed E-state index contributed by atoms with van der Waals surface area (Å²) in [6, 6.07) is 13.1. The van der Waals surface area contributed by atoms with Gasteiger partial charge in [0.05, 0.1) is 9.79 Å². The van der Waals surface area contributed by atoms with E-state index in [9.17, 15) is 16.8 Å². The minimum atomic E-state index is -3.74. The van der Waals surface area contributed by atoms with Gasteiger partial charge in [-0.1, -0.05) is 31.2 Å². The van der Waals surface area contributed by atoms with E-state index in [-0.39, 0.29) is 15.8 Å². The Morgan fingerprint density at radius 3 is 2.17 bits per heavy atom. The molecule has 2 aromatic carbocycles. The first-order chi connectivity index (χ1) is 13.8. The Morgan fingerprint density at radius 1 is 0.862 bits per heavy atom. The molecule has 1 aliphatic carbocycles. The van der Waals surface area contributed by atoms with Gasteiger partial charge in [0.2, 0.25) is 20.0 Å². The Hall–Kier alpha value is -1.74. The summed E-state index contributed by atoms with van der Waals surface area (Å²) in [5, 5.41) is 0. The van der Waals surface area contributed by atoms with Crippen molar-refractivity contribution in [3.8, 4) is 0 Å². The number of nitrogens with one attached hydrogen (secondary N) is 1. The number of benzene rings is 2. The van der Waals surface area contributed by atoms with Crippen molar-refractivity contribution in [2.24, 2.45) is 5.92 Å². The second kappa shape index (κ2) is 7.83. The molecule has 2 aromatic rings. The fourth-order valence-electron chi connectivity index (χ4n) is 4.10. The first-order valence-electron chi connectivity index (χ1n) is 9.98. The third kappa shape index (κ3) is 4.12. The van der Waals surface area contributed by atoms with Crippen molar-refractivity contribution in [3.05, 3.63) is 59.7 Å². The van der Waals surface area contributed by atoms with Crippen LogP contribution in [0.25, 0.3) is 0 Å². The highest BCUT2D eigenvalue weighted by Crippen LogP contribution is 2.32. The molecule has 1 heterocycles. The molecule has 1 atom stereocenters. The van der Waals surface area contributed by atoms with Crippen LogP contribution in [0.4, 0.5) is 0 Å². The molecular weight excluding hydrogens is 408 g/mol. The van der Waals surface area contributed by atoms with Gasteiger partial charge in [-0.25, -0.2) is 21.6 Å². The zero-order valence-electron chi connectivity index (χ0n) is 16.4. The molecule has 29 heavy (non-hydrogen) atoms. The van der Waals surface area contributed by atoms with E-state index in [1.54, 1.807) is 0 Å². The Balaban J connectivity index is 1.51. The molecule has 8 heteroatoms. The summed E-state index contributed by atoms with van der Waals surface area (Å²) in [6.07, 6.45) is 3.25. The van der Waals surface area contributed by atoms with Crippen molar-refractivity contribution in [1.29, 1.82) is 0 Å². The van der Waals surface area contributed by atoms with E-state index in [1.165, 1.54) is 28.6 Å². The molecule has 4 rings (SSSR count). The number of rotatable bonds is 5. The summed E-state index contributed by atoms with van der Waals surface area (Å²) >= 11 is 0. The smallest absolute Gasteiger partial charge is 0.207 e. The fourth-order valence-corrected chi connectivity index (χ4v) is 6.82. The van der Waals surface area contributed by atoms with Crippen LogP contribution in [0.15, 0.2) is 58.3 Å². The maximum atomic E-state index is 12.8. The summed E-state index contributed by atoms with van der Waals surface area (Å²) in [4.78, 5) is 0.213. The van der Waals surface area contributed by atoms with Gasteiger partial charge in [-0.05, 0) is 67.0 Å². The molecule has 0 bridgehead atoms. The van der Waals surface area contributed by atoms with E-state index >= 15 is 0 Å². The molecule has 0 radical (unpaired) electrons. The molecule has 0 aromatic heterocycles. The molecule has 1 aliphatic heterocycles. The van der Waals surface area contributed by atoms with Crippen LogP contribution < -0.4 is 4.72 Å². The summed E-state index contributed by atoms with van der Waals surface area (Å²) in [5.74, 6) is 0.528. The standard InChI is InChI=1S/C21H26N2O4S2/c1-16-12-14-23(15-13-16)29(26,27)19-9-7-18(8-10-19)28(24,25)22-21-11-6-17-4-2-3-5-20(17)21/h2-5,7-10,16,21-22H,6,11-15H2,1H3. The van der Waals surface area contributed by atoms with Crippen LogP contribution in [-0.2, 0) is 26.5 Å². The number of hydrogen-bond donors (Lipinski definition) is 1. The predicted molar refractivity (Wildman–Crippen MR) is 111 cm³/mol. The van der Waals surface area contributed by atoms with Crippen molar-refractivity contribution >= 4 is 20.0 Å². The van der Waals surface area contributed by atoms with Gasteiger partial charge in [0.25, 0.3) is 0 Å². The molecule has 0 amide bonds. The van der Waals surface area contributed by atoms with Crippen LogP contribution in [0.1, 0.15) is 43.4 Å². The topological polar surface area (TPSA) is 83.6 Å². The first kappa shape index (κ1) is 20.5. The molecule has 1 N–H and O–H groups in total. The average Bonchev–Trinajstić information content (AvgIpc) is 3.11. The van der Waals surface area contributed by atoms with Crippen molar-refractivity contribution in [2.75, 3.05) is 13.1 Å². The number of nitrogens with zero attached hydrogens (tertiary/aromatic N) is 1. The van der Waals surface area contributed by atoms with Gasteiger partial charge in [-0.15, -0.1) is 0 Å². The Morgan fingerprint density at radius 2 is 1.48 bits per heavy atom. The van der Waals surface area contributed by atoms with Crippen LogP contribution in [-0.4, -0.2) is 34.2 Å². The molecule has 6 nitrogen and oxygen atoms in total. The Bertz CT molecular complexity index is 1090. The van der Waals surface area contributed by atoms with Crippen LogP contribution in [0.5, 0.6) is 0 Å². The van der Waals surface area contributed by atoms with Gasteiger partial charge in [0, 0.05) is 19.1 Å². The highest BCUT2D eigenvalue weighted by Gasteiger charge is 2.30. The van der Waals surface area contributed by atoms with E-state index in [0.29, 0.717) is 19.0 Å². The van der Waals surface area contributed by atoms with Crippen molar-refractivity contribution in [2.45, 2.75) is 48.4 Å². The van der Waals surface area contributed by atoms with Crippen LogP contribution in [0.2, 0.25) is 0 Å². The fraction of sp³-hybridized carbons (Fsp3) is 0.429. The molecular formula is C21H26N2O4S2.